The molecule has 3 rings (SSSR count). The molecule has 0 aliphatic carbocycles. The van der Waals surface area contributed by atoms with E-state index in [1.54, 1.807) is 18.9 Å². The number of hydrogen-bond donors (Lipinski definition) is 0. The molecule has 0 N–H and O–H groups in total. The molecule has 0 aromatic heterocycles. The summed E-state index contributed by atoms with van der Waals surface area (Å²) in [4.78, 5) is 15.7. The van der Waals surface area contributed by atoms with Gasteiger partial charge < -0.3 is 9.64 Å². The number of rotatable bonds is 2. The maximum absolute atomic E-state index is 12.6. The second-order valence-corrected chi connectivity index (χ2v) is 5.64. The predicted octanol–water partition coefficient (Wildman–Crippen LogP) is 3.45. The van der Waals surface area contributed by atoms with Crippen LogP contribution < -0.4 is 9.64 Å². The topological polar surface area (TPSA) is 29.5 Å². The number of thioether (sulfide) groups is 1. The standard InChI is InChI=1S/C16H15NO2S/c1-19-13-8-6-12(7-9-13)16(18)17-10-11-20-15-5-3-2-4-14(15)17/h2-9H,10-11H2,1H3. The van der Waals surface area contributed by atoms with Gasteiger partial charge in [-0.25, -0.2) is 0 Å². The Morgan fingerprint density at radius 3 is 2.65 bits per heavy atom. The monoisotopic (exact) mass is 285 g/mol. The lowest BCUT2D eigenvalue weighted by atomic mass is 10.1. The largest absolute Gasteiger partial charge is 0.497 e. The molecule has 102 valence electrons. The fraction of sp³-hybridized carbons (Fsp3) is 0.188. The Labute approximate surface area is 122 Å². The lowest BCUT2D eigenvalue weighted by Gasteiger charge is -2.29. The molecule has 1 aliphatic heterocycles. The maximum atomic E-state index is 12.6. The number of ether oxygens (including phenoxy) is 1. The summed E-state index contributed by atoms with van der Waals surface area (Å²) in [6.45, 7) is 0.743. The summed E-state index contributed by atoms with van der Waals surface area (Å²) >= 11 is 1.80. The number of fused-ring (bicyclic) bond motifs is 1. The molecule has 0 saturated carbocycles. The number of carbonyl (C=O) groups excluding carboxylic acids is 1. The number of carbonyl (C=O) groups is 1. The normalized spacial score (nSPS) is 13.8. The van der Waals surface area contributed by atoms with Crippen molar-refractivity contribution < 1.29 is 9.53 Å². The second kappa shape index (κ2) is 5.59. The van der Waals surface area contributed by atoms with E-state index in [9.17, 15) is 4.79 Å². The minimum atomic E-state index is 0.0420. The van der Waals surface area contributed by atoms with Crippen LogP contribution in [0.3, 0.4) is 0 Å². The Bertz CT molecular complexity index is 625. The van der Waals surface area contributed by atoms with E-state index in [-0.39, 0.29) is 5.91 Å². The van der Waals surface area contributed by atoms with Gasteiger partial charge >= 0.3 is 0 Å². The van der Waals surface area contributed by atoms with Crippen LogP contribution in [0.5, 0.6) is 5.75 Å². The molecular formula is C16H15NO2S. The van der Waals surface area contributed by atoms with Gasteiger partial charge in [0.2, 0.25) is 0 Å². The highest BCUT2D eigenvalue weighted by Gasteiger charge is 2.23. The highest BCUT2D eigenvalue weighted by Crippen LogP contribution is 2.35. The molecule has 1 amide bonds. The number of hydrogen-bond acceptors (Lipinski definition) is 3. The smallest absolute Gasteiger partial charge is 0.258 e. The summed E-state index contributed by atoms with van der Waals surface area (Å²) in [5, 5.41) is 0. The van der Waals surface area contributed by atoms with Crippen molar-refractivity contribution >= 4 is 23.4 Å². The average molecular weight is 285 g/mol. The van der Waals surface area contributed by atoms with Gasteiger partial charge in [0.15, 0.2) is 0 Å². The van der Waals surface area contributed by atoms with E-state index in [0.717, 1.165) is 23.7 Å². The first kappa shape index (κ1) is 13.1. The zero-order valence-electron chi connectivity index (χ0n) is 11.2. The number of para-hydroxylation sites is 1. The van der Waals surface area contributed by atoms with Crippen molar-refractivity contribution in [1.82, 2.24) is 0 Å². The number of anilines is 1. The van der Waals surface area contributed by atoms with Crippen LogP contribution in [0.4, 0.5) is 5.69 Å². The van der Waals surface area contributed by atoms with E-state index < -0.39 is 0 Å². The first-order chi connectivity index (χ1) is 9.79. The average Bonchev–Trinajstić information content (AvgIpc) is 2.54. The fourth-order valence-corrected chi connectivity index (χ4v) is 3.26. The van der Waals surface area contributed by atoms with Crippen LogP contribution in [-0.2, 0) is 0 Å². The van der Waals surface area contributed by atoms with Gasteiger partial charge in [-0.15, -0.1) is 11.8 Å². The molecule has 0 bridgehead atoms. The minimum absolute atomic E-state index is 0.0420. The van der Waals surface area contributed by atoms with Gasteiger partial charge in [-0.2, -0.15) is 0 Å². The quantitative estimate of drug-likeness (QED) is 0.846. The van der Waals surface area contributed by atoms with Crippen molar-refractivity contribution in [2.24, 2.45) is 0 Å². The fourth-order valence-electron chi connectivity index (χ4n) is 2.27. The van der Waals surface area contributed by atoms with Gasteiger partial charge in [0.25, 0.3) is 5.91 Å². The molecule has 1 heterocycles. The van der Waals surface area contributed by atoms with Gasteiger partial charge in [0, 0.05) is 22.8 Å². The number of methoxy groups -OCH3 is 1. The van der Waals surface area contributed by atoms with E-state index in [2.05, 4.69) is 6.07 Å². The lowest BCUT2D eigenvalue weighted by molar-refractivity contribution is 0.0987. The van der Waals surface area contributed by atoms with Crippen molar-refractivity contribution in [3.05, 3.63) is 54.1 Å². The van der Waals surface area contributed by atoms with Gasteiger partial charge in [-0.1, -0.05) is 12.1 Å². The summed E-state index contributed by atoms with van der Waals surface area (Å²) < 4.78 is 5.12. The number of amides is 1. The van der Waals surface area contributed by atoms with E-state index >= 15 is 0 Å². The Morgan fingerprint density at radius 2 is 1.90 bits per heavy atom. The SMILES string of the molecule is COc1ccc(C(=O)N2CCSc3ccccc32)cc1. The van der Waals surface area contributed by atoms with Crippen LogP contribution in [0.15, 0.2) is 53.4 Å². The Morgan fingerprint density at radius 1 is 1.15 bits per heavy atom. The molecule has 3 nitrogen and oxygen atoms in total. The van der Waals surface area contributed by atoms with Gasteiger partial charge in [-0.05, 0) is 36.4 Å². The molecule has 0 atom stereocenters. The third-order valence-corrected chi connectivity index (χ3v) is 4.35. The van der Waals surface area contributed by atoms with Crippen molar-refractivity contribution in [3.63, 3.8) is 0 Å². The van der Waals surface area contributed by atoms with Crippen LogP contribution in [0.2, 0.25) is 0 Å². The molecule has 20 heavy (non-hydrogen) atoms. The molecule has 0 saturated heterocycles. The summed E-state index contributed by atoms with van der Waals surface area (Å²) in [7, 11) is 1.62. The Kier molecular flexibility index (Phi) is 3.65. The molecule has 0 spiro atoms. The van der Waals surface area contributed by atoms with Crippen molar-refractivity contribution in [2.45, 2.75) is 4.90 Å². The van der Waals surface area contributed by atoms with E-state index in [4.69, 9.17) is 4.74 Å². The molecule has 0 fully saturated rings. The molecular weight excluding hydrogens is 270 g/mol. The molecule has 2 aromatic rings. The van der Waals surface area contributed by atoms with Crippen LogP contribution >= 0.6 is 11.8 Å². The summed E-state index contributed by atoms with van der Waals surface area (Å²) in [6, 6.07) is 15.3. The van der Waals surface area contributed by atoms with Gasteiger partial charge in [0.05, 0.1) is 12.8 Å². The third kappa shape index (κ3) is 2.39. The Balaban J connectivity index is 1.91. The summed E-state index contributed by atoms with van der Waals surface area (Å²) in [5.41, 5.74) is 1.69. The van der Waals surface area contributed by atoms with E-state index in [1.165, 1.54) is 4.90 Å². The minimum Gasteiger partial charge on any atom is -0.497 e. The second-order valence-electron chi connectivity index (χ2n) is 4.50. The predicted molar refractivity (Wildman–Crippen MR) is 81.8 cm³/mol. The lowest BCUT2D eigenvalue weighted by Crippen LogP contribution is -2.35. The van der Waals surface area contributed by atoms with Gasteiger partial charge in [-0.3, -0.25) is 4.79 Å². The summed E-state index contributed by atoms with van der Waals surface area (Å²) in [6.07, 6.45) is 0. The van der Waals surface area contributed by atoms with Crippen molar-refractivity contribution in [1.29, 1.82) is 0 Å². The molecule has 0 radical (unpaired) electrons. The van der Waals surface area contributed by atoms with Gasteiger partial charge in [0.1, 0.15) is 5.75 Å². The van der Waals surface area contributed by atoms with Crippen molar-refractivity contribution in [3.8, 4) is 5.75 Å². The molecule has 2 aromatic carbocycles. The van der Waals surface area contributed by atoms with Crippen LogP contribution in [0.1, 0.15) is 10.4 Å². The highest BCUT2D eigenvalue weighted by molar-refractivity contribution is 7.99. The first-order valence-electron chi connectivity index (χ1n) is 6.47. The number of nitrogens with zero attached hydrogens (tertiary/aromatic N) is 1. The molecule has 0 unspecified atom stereocenters. The third-order valence-electron chi connectivity index (χ3n) is 3.31. The number of benzene rings is 2. The van der Waals surface area contributed by atoms with Crippen LogP contribution in [0.25, 0.3) is 0 Å². The molecule has 1 aliphatic rings. The molecule has 4 heteroatoms. The van der Waals surface area contributed by atoms with E-state index in [0.29, 0.717) is 5.56 Å². The van der Waals surface area contributed by atoms with Crippen LogP contribution in [-0.4, -0.2) is 25.3 Å². The summed E-state index contributed by atoms with van der Waals surface area (Å²) in [5.74, 6) is 1.73. The van der Waals surface area contributed by atoms with E-state index in [1.807, 2.05) is 47.4 Å². The van der Waals surface area contributed by atoms with Crippen LogP contribution in [0, 0.1) is 0 Å². The Hall–Kier alpha value is -1.94. The zero-order chi connectivity index (χ0) is 13.9. The zero-order valence-corrected chi connectivity index (χ0v) is 12.0. The first-order valence-corrected chi connectivity index (χ1v) is 7.46. The van der Waals surface area contributed by atoms with Crippen molar-refractivity contribution in [2.75, 3.05) is 24.3 Å². The maximum Gasteiger partial charge on any atom is 0.258 e. The highest BCUT2D eigenvalue weighted by atomic mass is 32.2.